The maximum Gasteiger partial charge on any atom is 0.123 e. The molecule has 1 unspecified atom stereocenters. The molecule has 16 heavy (non-hydrogen) atoms. The molecule has 0 aliphatic heterocycles. The highest BCUT2D eigenvalue weighted by Crippen LogP contribution is 2.24. The van der Waals surface area contributed by atoms with Crippen molar-refractivity contribution in [2.45, 2.75) is 26.7 Å². The Kier molecular flexibility index (Phi) is 6.44. The van der Waals surface area contributed by atoms with E-state index in [0.29, 0.717) is 5.92 Å². The van der Waals surface area contributed by atoms with Crippen LogP contribution in [0.3, 0.4) is 0 Å². The Morgan fingerprint density at radius 1 is 1.38 bits per heavy atom. The van der Waals surface area contributed by atoms with Gasteiger partial charge in [-0.25, -0.2) is 0 Å². The molecule has 0 heterocycles. The van der Waals surface area contributed by atoms with E-state index < -0.39 is 0 Å². The molecular formula is C13H18Br2O. The normalized spacial score (nSPS) is 12.5. The van der Waals surface area contributed by atoms with Crippen molar-refractivity contribution in [3.63, 3.8) is 0 Å². The lowest BCUT2D eigenvalue weighted by Gasteiger charge is -2.15. The van der Waals surface area contributed by atoms with Gasteiger partial charge in [0.25, 0.3) is 0 Å². The molecule has 1 aromatic carbocycles. The lowest BCUT2D eigenvalue weighted by Crippen LogP contribution is -2.13. The second-order valence-electron chi connectivity index (χ2n) is 4.03. The highest BCUT2D eigenvalue weighted by atomic mass is 79.9. The minimum atomic E-state index is 0.600. The van der Waals surface area contributed by atoms with Crippen molar-refractivity contribution in [3.05, 3.63) is 28.2 Å². The van der Waals surface area contributed by atoms with Crippen molar-refractivity contribution in [2.75, 3.05) is 11.9 Å². The van der Waals surface area contributed by atoms with Gasteiger partial charge in [-0.05, 0) is 31.0 Å². The molecule has 0 amide bonds. The number of halogens is 2. The fourth-order valence-corrected chi connectivity index (χ4v) is 2.40. The lowest BCUT2D eigenvalue weighted by atomic mass is 10.1. The van der Waals surface area contributed by atoms with Crippen LogP contribution in [0.2, 0.25) is 0 Å². The third kappa shape index (κ3) is 4.46. The van der Waals surface area contributed by atoms with Crippen molar-refractivity contribution >= 4 is 31.9 Å². The van der Waals surface area contributed by atoms with Gasteiger partial charge in [-0.2, -0.15) is 0 Å². The summed E-state index contributed by atoms with van der Waals surface area (Å²) in [5.74, 6) is 1.58. The van der Waals surface area contributed by atoms with Gasteiger partial charge in [-0.3, -0.25) is 0 Å². The van der Waals surface area contributed by atoms with Crippen molar-refractivity contribution in [1.29, 1.82) is 0 Å². The minimum absolute atomic E-state index is 0.600. The fourth-order valence-electron chi connectivity index (χ4n) is 1.55. The molecule has 0 N–H and O–H groups in total. The molecule has 0 radical (unpaired) electrons. The number of hydrogen-bond donors (Lipinski definition) is 0. The summed E-state index contributed by atoms with van der Waals surface area (Å²) >= 11 is 7.00. The predicted molar refractivity (Wildman–Crippen MR) is 76.6 cm³/mol. The summed E-state index contributed by atoms with van der Waals surface area (Å²) in [7, 11) is 0. The lowest BCUT2D eigenvalue weighted by molar-refractivity contribution is 0.253. The molecule has 0 aliphatic carbocycles. The predicted octanol–water partition coefficient (Wildman–Crippen LogP) is 4.95. The average molecular weight is 350 g/mol. The van der Waals surface area contributed by atoms with Crippen LogP contribution in [-0.4, -0.2) is 11.9 Å². The van der Waals surface area contributed by atoms with Crippen LogP contribution in [0, 0.1) is 12.8 Å². The van der Waals surface area contributed by atoms with Crippen molar-refractivity contribution < 1.29 is 4.74 Å². The first kappa shape index (κ1) is 14.0. The van der Waals surface area contributed by atoms with Crippen LogP contribution in [0.25, 0.3) is 0 Å². The molecule has 1 aromatic rings. The number of rotatable bonds is 6. The van der Waals surface area contributed by atoms with Crippen LogP contribution in [0.5, 0.6) is 5.75 Å². The molecule has 3 heteroatoms. The second kappa shape index (κ2) is 7.33. The van der Waals surface area contributed by atoms with Crippen molar-refractivity contribution in [3.8, 4) is 5.75 Å². The zero-order valence-corrected chi connectivity index (χ0v) is 13.0. The number of ether oxygens (including phenoxy) is 1. The largest absolute Gasteiger partial charge is 0.493 e. The van der Waals surface area contributed by atoms with Crippen molar-refractivity contribution in [1.82, 2.24) is 0 Å². The van der Waals surface area contributed by atoms with Crippen LogP contribution in [0.4, 0.5) is 0 Å². The molecule has 0 fully saturated rings. The Morgan fingerprint density at radius 3 is 2.75 bits per heavy atom. The van der Waals surface area contributed by atoms with Crippen LogP contribution in [-0.2, 0) is 0 Å². The van der Waals surface area contributed by atoms with E-state index in [1.165, 1.54) is 18.4 Å². The van der Waals surface area contributed by atoms with Gasteiger partial charge in [0.1, 0.15) is 5.75 Å². The quantitative estimate of drug-likeness (QED) is 0.660. The molecule has 90 valence electrons. The Balaban J connectivity index is 2.55. The highest BCUT2D eigenvalue weighted by Gasteiger charge is 2.08. The third-order valence-electron chi connectivity index (χ3n) is 2.54. The standard InChI is InChI=1S/C13H18Br2O/c1-3-4-11(8-14)9-16-13-7-12(15)6-5-10(13)2/h5-7,11H,3-4,8-9H2,1-2H3. The maximum atomic E-state index is 5.86. The van der Waals surface area contributed by atoms with Crippen molar-refractivity contribution in [2.24, 2.45) is 5.92 Å². The van der Waals surface area contributed by atoms with Gasteiger partial charge >= 0.3 is 0 Å². The van der Waals surface area contributed by atoms with Gasteiger partial charge in [0.2, 0.25) is 0 Å². The molecule has 0 saturated carbocycles. The topological polar surface area (TPSA) is 9.23 Å². The fraction of sp³-hybridized carbons (Fsp3) is 0.538. The van der Waals surface area contributed by atoms with Gasteiger partial charge in [-0.1, -0.05) is 51.3 Å². The molecule has 1 rings (SSSR count). The zero-order chi connectivity index (χ0) is 12.0. The SMILES string of the molecule is CCCC(CBr)COc1cc(Br)ccc1C. The van der Waals surface area contributed by atoms with E-state index in [1.807, 2.05) is 12.1 Å². The summed E-state index contributed by atoms with van der Waals surface area (Å²) in [5.41, 5.74) is 1.19. The first-order valence-electron chi connectivity index (χ1n) is 5.62. The zero-order valence-electron chi connectivity index (χ0n) is 9.80. The van der Waals surface area contributed by atoms with Gasteiger partial charge in [-0.15, -0.1) is 0 Å². The van der Waals surface area contributed by atoms with E-state index >= 15 is 0 Å². The van der Waals surface area contributed by atoms with E-state index in [9.17, 15) is 0 Å². The Morgan fingerprint density at radius 2 is 2.12 bits per heavy atom. The van der Waals surface area contributed by atoms with Crippen LogP contribution >= 0.6 is 31.9 Å². The summed E-state index contributed by atoms with van der Waals surface area (Å²) in [6, 6.07) is 6.14. The summed E-state index contributed by atoms with van der Waals surface area (Å²) in [5, 5.41) is 1.01. The van der Waals surface area contributed by atoms with E-state index in [2.05, 4.69) is 51.8 Å². The van der Waals surface area contributed by atoms with E-state index in [1.54, 1.807) is 0 Å². The number of aryl methyl sites for hydroxylation is 1. The summed E-state index contributed by atoms with van der Waals surface area (Å²) in [6.45, 7) is 5.07. The molecule has 1 atom stereocenters. The average Bonchev–Trinajstić information content (AvgIpc) is 2.28. The molecule has 1 nitrogen and oxygen atoms in total. The third-order valence-corrected chi connectivity index (χ3v) is 3.95. The first-order valence-corrected chi connectivity index (χ1v) is 7.53. The monoisotopic (exact) mass is 348 g/mol. The Hall–Kier alpha value is -0.0200. The van der Waals surface area contributed by atoms with Gasteiger partial charge < -0.3 is 4.74 Å². The van der Waals surface area contributed by atoms with Gasteiger partial charge in [0.15, 0.2) is 0 Å². The second-order valence-corrected chi connectivity index (χ2v) is 5.59. The maximum absolute atomic E-state index is 5.86. The first-order chi connectivity index (χ1) is 7.67. The van der Waals surface area contributed by atoms with E-state index in [0.717, 1.165) is 22.2 Å². The number of hydrogen-bond acceptors (Lipinski definition) is 1. The minimum Gasteiger partial charge on any atom is -0.493 e. The number of benzene rings is 1. The molecule has 0 aromatic heterocycles. The van der Waals surface area contributed by atoms with E-state index in [4.69, 9.17) is 4.74 Å². The molecule has 0 saturated heterocycles. The summed E-state index contributed by atoms with van der Waals surface area (Å²) in [6.07, 6.45) is 2.41. The summed E-state index contributed by atoms with van der Waals surface area (Å²) < 4.78 is 6.93. The number of alkyl halides is 1. The van der Waals surface area contributed by atoms with E-state index in [-0.39, 0.29) is 0 Å². The molecule has 0 aliphatic rings. The Labute approximate surface area is 115 Å². The molecule has 0 bridgehead atoms. The van der Waals surface area contributed by atoms with Gasteiger partial charge in [0.05, 0.1) is 6.61 Å². The van der Waals surface area contributed by atoms with Crippen LogP contribution in [0.15, 0.2) is 22.7 Å². The summed E-state index contributed by atoms with van der Waals surface area (Å²) in [4.78, 5) is 0. The van der Waals surface area contributed by atoms with Crippen LogP contribution in [0.1, 0.15) is 25.3 Å². The smallest absolute Gasteiger partial charge is 0.123 e. The van der Waals surface area contributed by atoms with Gasteiger partial charge in [0, 0.05) is 15.7 Å². The highest BCUT2D eigenvalue weighted by molar-refractivity contribution is 9.10. The molecular weight excluding hydrogens is 332 g/mol. The van der Waals surface area contributed by atoms with Crippen LogP contribution < -0.4 is 4.74 Å². The molecule has 0 spiro atoms. The Bertz CT molecular complexity index is 326.